The lowest BCUT2D eigenvalue weighted by Gasteiger charge is -2.33. The van der Waals surface area contributed by atoms with E-state index in [0.717, 1.165) is 18.0 Å². The Labute approximate surface area is 107 Å². The van der Waals surface area contributed by atoms with Gasteiger partial charge in [-0.1, -0.05) is 0 Å². The minimum absolute atomic E-state index is 0.624. The van der Waals surface area contributed by atoms with Crippen molar-refractivity contribution in [2.45, 2.75) is 19.4 Å². The standard InChI is InChI=1S/C11H12F2N2O4/c1-11(2,10(16)17)14(3)9-7(15(18)19)5-4-6(12)8(9)13/h4-5H,1-3H3,(H,16,17). The number of likely N-dealkylation sites (N-methyl/N-ethyl adjacent to an activating group) is 1. The number of anilines is 1. The highest BCUT2D eigenvalue weighted by Gasteiger charge is 2.38. The van der Waals surface area contributed by atoms with E-state index in [0.29, 0.717) is 6.07 Å². The zero-order valence-electron chi connectivity index (χ0n) is 10.5. The molecule has 0 aliphatic rings. The molecule has 8 heteroatoms. The van der Waals surface area contributed by atoms with E-state index in [4.69, 9.17) is 5.11 Å². The van der Waals surface area contributed by atoms with Crippen LogP contribution >= 0.6 is 0 Å². The van der Waals surface area contributed by atoms with E-state index in [1.54, 1.807) is 0 Å². The van der Waals surface area contributed by atoms with Crippen LogP contribution in [0.4, 0.5) is 20.2 Å². The Hall–Kier alpha value is -2.25. The van der Waals surface area contributed by atoms with E-state index in [9.17, 15) is 23.7 Å². The molecule has 0 unspecified atom stereocenters. The molecule has 104 valence electrons. The number of nitrogens with zero attached hydrogens (tertiary/aromatic N) is 2. The fraction of sp³-hybridized carbons (Fsp3) is 0.364. The van der Waals surface area contributed by atoms with Gasteiger partial charge >= 0.3 is 5.97 Å². The number of rotatable bonds is 4. The lowest BCUT2D eigenvalue weighted by molar-refractivity contribution is -0.384. The molecule has 0 radical (unpaired) electrons. The first kappa shape index (κ1) is 14.8. The number of aliphatic carboxylic acids is 1. The number of hydrogen-bond acceptors (Lipinski definition) is 4. The summed E-state index contributed by atoms with van der Waals surface area (Å²) in [5.41, 5.74) is -3.03. The number of benzene rings is 1. The van der Waals surface area contributed by atoms with Gasteiger partial charge < -0.3 is 10.0 Å². The molecule has 0 aromatic heterocycles. The molecule has 0 amide bonds. The van der Waals surface area contributed by atoms with Crippen LogP contribution in [-0.2, 0) is 4.79 Å². The van der Waals surface area contributed by atoms with E-state index in [2.05, 4.69) is 0 Å². The van der Waals surface area contributed by atoms with Gasteiger partial charge in [-0.05, 0) is 19.9 Å². The van der Waals surface area contributed by atoms with Gasteiger partial charge in [0.25, 0.3) is 5.69 Å². The normalized spacial score (nSPS) is 11.2. The minimum Gasteiger partial charge on any atom is -0.480 e. The van der Waals surface area contributed by atoms with Gasteiger partial charge in [0.05, 0.1) is 4.92 Å². The van der Waals surface area contributed by atoms with E-state index in [1.165, 1.54) is 13.8 Å². The maximum Gasteiger partial charge on any atom is 0.328 e. The molecule has 0 fully saturated rings. The zero-order valence-corrected chi connectivity index (χ0v) is 10.5. The summed E-state index contributed by atoms with van der Waals surface area (Å²) in [6, 6.07) is 1.42. The quantitative estimate of drug-likeness (QED) is 0.672. The van der Waals surface area contributed by atoms with E-state index in [-0.39, 0.29) is 0 Å². The number of nitro benzene ring substituents is 1. The lowest BCUT2D eigenvalue weighted by Crippen LogP contribution is -2.48. The van der Waals surface area contributed by atoms with Gasteiger partial charge in [0, 0.05) is 13.1 Å². The van der Waals surface area contributed by atoms with Crippen molar-refractivity contribution in [2.24, 2.45) is 0 Å². The highest BCUT2D eigenvalue weighted by molar-refractivity contribution is 5.84. The van der Waals surface area contributed by atoms with Crippen LogP contribution in [0.1, 0.15) is 13.8 Å². The van der Waals surface area contributed by atoms with E-state index in [1.807, 2.05) is 0 Å². The van der Waals surface area contributed by atoms with Crippen molar-refractivity contribution in [1.29, 1.82) is 0 Å². The Morgan fingerprint density at radius 3 is 2.37 bits per heavy atom. The SMILES string of the molecule is CN(c1c([N+](=O)[O-])ccc(F)c1F)C(C)(C)C(=O)O. The van der Waals surface area contributed by atoms with E-state index >= 15 is 0 Å². The van der Waals surface area contributed by atoms with Crippen molar-refractivity contribution in [2.75, 3.05) is 11.9 Å². The van der Waals surface area contributed by atoms with Crippen LogP contribution in [0.25, 0.3) is 0 Å². The number of halogens is 2. The summed E-state index contributed by atoms with van der Waals surface area (Å²) < 4.78 is 27.0. The number of carboxylic acid groups (broad SMARTS) is 1. The second-order valence-corrected chi connectivity index (χ2v) is 4.41. The van der Waals surface area contributed by atoms with Crippen molar-refractivity contribution in [3.63, 3.8) is 0 Å². The van der Waals surface area contributed by atoms with Gasteiger partial charge in [0.1, 0.15) is 5.54 Å². The zero-order chi connectivity index (χ0) is 15.0. The smallest absolute Gasteiger partial charge is 0.328 e. The summed E-state index contributed by atoms with van der Waals surface area (Å²) in [4.78, 5) is 21.8. The van der Waals surface area contributed by atoms with Crippen LogP contribution in [-0.4, -0.2) is 28.6 Å². The summed E-state index contributed by atoms with van der Waals surface area (Å²) in [5, 5.41) is 19.9. The monoisotopic (exact) mass is 274 g/mol. The van der Waals surface area contributed by atoms with Crippen LogP contribution in [0.2, 0.25) is 0 Å². The number of carboxylic acids is 1. The molecule has 0 saturated heterocycles. The van der Waals surface area contributed by atoms with E-state index < -0.39 is 39.4 Å². The first-order valence-corrected chi connectivity index (χ1v) is 5.20. The molecule has 1 rings (SSSR count). The Balaban J connectivity index is 3.53. The van der Waals surface area contributed by atoms with Crippen molar-refractivity contribution in [3.05, 3.63) is 33.9 Å². The maximum absolute atomic E-state index is 13.8. The van der Waals surface area contributed by atoms with Crippen molar-refractivity contribution in [3.8, 4) is 0 Å². The lowest BCUT2D eigenvalue weighted by atomic mass is 10.0. The van der Waals surface area contributed by atoms with Crippen LogP contribution < -0.4 is 4.90 Å². The topological polar surface area (TPSA) is 83.7 Å². The van der Waals surface area contributed by atoms with Crippen LogP contribution in [0.3, 0.4) is 0 Å². The molecule has 0 saturated carbocycles. The predicted molar refractivity (Wildman–Crippen MR) is 63.1 cm³/mol. The van der Waals surface area contributed by atoms with Gasteiger partial charge in [-0.15, -0.1) is 0 Å². The fourth-order valence-corrected chi connectivity index (χ4v) is 1.42. The molecule has 0 atom stereocenters. The summed E-state index contributed by atoms with van der Waals surface area (Å²) >= 11 is 0. The Morgan fingerprint density at radius 2 is 1.95 bits per heavy atom. The van der Waals surface area contributed by atoms with Crippen molar-refractivity contribution < 1.29 is 23.6 Å². The van der Waals surface area contributed by atoms with Crippen LogP contribution in [0.5, 0.6) is 0 Å². The largest absolute Gasteiger partial charge is 0.480 e. The second-order valence-electron chi connectivity index (χ2n) is 4.41. The molecule has 0 aliphatic heterocycles. The molecule has 6 nitrogen and oxygen atoms in total. The molecule has 0 bridgehead atoms. The molecule has 0 spiro atoms. The Kier molecular flexibility index (Phi) is 3.73. The van der Waals surface area contributed by atoms with Gasteiger partial charge in [0.2, 0.25) is 0 Å². The third-order valence-electron chi connectivity index (χ3n) is 2.94. The van der Waals surface area contributed by atoms with Crippen LogP contribution in [0, 0.1) is 21.7 Å². The highest BCUT2D eigenvalue weighted by Crippen LogP contribution is 2.35. The second kappa shape index (κ2) is 4.79. The molecular formula is C11H12F2N2O4. The molecule has 1 aromatic carbocycles. The van der Waals surface area contributed by atoms with Gasteiger partial charge in [-0.25, -0.2) is 13.6 Å². The van der Waals surface area contributed by atoms with Gasteiger partial charge in [-0.2, -0.15) is 0 Å². The average molecular weight is 274 g/mol. The summed E-state index contributed by atoms with van der Waals surface area (Å²) in [5.74, 6) is -4.06. The molecule has 1 N–H and O–H groups in total. The number of hydrogen-bond donors (Lipinski definition) is 1. The number of nitro groups is 1. The summed E-state index contributed by atoms with van der Waals surface area (Å²) in [7, 11) is 1.15. The van der Waals surface area contributed by atoms with Gasteiger partial charge in [0.15, 0.2) is 17.3 Å². The van der Waals surface area contributed by atoms with Gasteiger partial charge in [-0.3, -0.25) is 10.1 Å². The molecule has 1 aromatic rings. The molecule has 0 heterocycles. The predicted octanol–water partition coefficient (Wildman–Crippen LogP) is 2.17. The summed E-state index contributed by atoms with van der Waals surface area (Å²) in [6.07, 6.45) is 0. The summed E-state index contributed by atoms with van der Waals surface area (Å²) in [6.45, 7) is 2.45. The average Bonchev–Trinajstić information content (AvgIpc) is 2.30. The third-order valence-corrected chi connectivity index (χ3v) is 2.94. The Bertz CT molecular complexity index is 546. The third kappa shape index (κ3) is 2.47. The molecule has 0 aliphatic carbocycles. The highest BCUT2D eigenvalue weighted by atomic mass is 19.2. The number of carbonyl (C=O) groups is 1. The van der Waals surface area contributed by atoms with Crippen LogP contribution in [0.15, 0.2) is 12.1 Å². The van der Waals surface area contributed by atoms with Crippen molar-refractivity contribution in [1.82, 2.24) is 0 Å². The first-order chi connectivity index (χ1) is 8.60. The molecular weight excluding hydrogens is 262 g/mol. The maximum atomic E-state index is 13.8. The molecule has 19 heavy (non-hydrogen) atoms. The minimum atomic E-state index is -1.64. The van der Waals surface area contributed by atoms with Crippen molar-refractivity contribution >= 4 is 17.3 Å². The first-order valence-electron chi connectivity index (χ1n) is 5.20. The fourth-order valence-electron chi connectivity index (χ4n) is 1.42. The Morgan fingerprint density at radius 1 is 1.42 bits per heavy atom.